The molecule has 53 heavy (non-hydrogen) atoms. The number of ether oxygens (including phenoxy) is 1. The summed E-state index contributed by atoms with van der Waals surface area (Å²) in [4.78, 5) is 0. The molecule has 246 valence electrons. The largest absolute Gasteiger partial charge is 0.551 e. The van der Waals surface area contributed by atoms with Crippen molar-refractivity contribution >= 4 is 61.6 Å². The summed E-state index contributed by atoms with van der Waals surface area (Å²) in [5, 5.41) is 4.71. The molecule has 10 aromatic rings. The maximum atomic E-state index is 6.95. The molecule has 0 radical (unpaired) electrons. The van der Waals surface area contributed by atoms with E-state index in [1.165, 1.54) is 21.8 Å². The lowest BCUT2D eigenvalue weighted by atomic mass is 9.50. The van der Waals surface area contributed by atoms with Crippen LogP contribution in [0.3, 0.4) is 0 Å². The van der Waals surface area contributed by atoms with Crippen LogP contribution in [0.4, 0.5) is 0 Å². The molecule has 4 nitrogen and oxygen atoms in total. The molecule has 0 aliphatic carbocycles. The third-order valence-corrected chi connectivity index (χ3v) is 11.1. The summed E-state index contributed by atoms with van der Waals surface area (Å²) in [5.41, 5.74) is 13.9. The van der Waals surface area contributed by atoms with E-state index in [-0.39, 0.29) is 6.92 Å². The summed E-state index contributed by atoms with van der Waals surface area (Å²) < 4.78 is 22.4. The first-order chi connectivity index (χ1) is 26.3. The fraction of sp³-hybridized carbons (Fsp3) is 0. The van der Waals surface area contributed by atoms with Gasteiger partial charge in [-0.25, -0.2) is 0 Å². The van der Waals surface area contributed by atoms with Gasteiger partial charge in [0.25, 0.3) is 0 Å². The van der Waals surface area contributed by atoms with Gasteiger partial charge >= 0.3 is 6.92 Å². The third kappa shape index (κ3) is 4.13. The van der Waals surface area contributed by atoms with Crippen molar-refractivity contribution in [2.75, 3.05) is 0 Å². The summed E-state index contributed by atoms with van der Waals surface area (Å²) in [5.74, 6) is 2.48. The van der Waals surface area contributed by atoms with Crippen molar-refractivity contribution in [1.82, 2.24) is 4.57 Å². The Bertz CT molecular complexity index is 3100. The average molecular weight is 678 g/mol. The van der Waals surface area contributed by atoms with Gasteiger partial charge in [-0.3, -0.25) is 0 Å². The van der Waals surface area contributed by atoms with Crippen LogP contribution in [0.15, 0.2) is 174 Å². The Hall–Kier alpha value is -6.98. The molecular weight excluding hydrogens is 649 g/mol. The molecular formula is C48H28BNO3. The van der Waals surface area contributed by atoms with Crippen LogP contribution < -0.4 is 20.3 Å². The monoisotopic (exact) mass is 677 g/mol. The number of benzene rings is 8. The predicted octanol–water partition coefficient (Wildman–Crippen LogP) is 11.3. The zero-order valence-electron chi connectivity index (χ0n) is 28.4. The van der Waals surface area contributed by atoms with E-state index in [2.05, 4.69) is 150 Å². The molecule has 0 saturated heterocycles. The van der Waals surface area contributed by atoms with E-state index in [0.717, 1.165) is 89.2 Å². The number of fused-ring (bicyclic) bond motifs is 10. The fourth-order valence-corrected chi connectivity index (χ4v) is 8.73. The second kappa shape index (κ2) is 10.8. The van der Waals surface area contributed by atoms with Gasteiger partial charge in [0.2, 0.25) is 0 Å². The van der Waals surface area contributed by atoms with E-state index < -0.39 is 0 Å². The van der Waals surface area contributed by atoms with Crippen LogP contribution in [0.5, 0.6) is 17.2 Å². The van der Waals surface area contributed by atoms with Gasteiger partial charge in [0, 0.05) is 43.7 Å². The first-order valence-corrected chi connectivity index (χ1v) is 18.0. The first kappa shape index (κ1) is 28.7. The Morgan fingerprint density at radius 1 is 0.434 bits per heavy atom. The molecule has 0 atom stereocenters. The van der Waals surface area contributed by atoms with Gasteiger partial charge in [0.1, 0.15) is 28.4 Å². The van der Waals surface area contributed by atoms with Gasteiger partial charge in [-0.2, -0.15) is 0 Å². The normalized spacial score (nSPS) is 12.8. The molecule has 0 bridgehead atoms. The van der Waals surface area contributed by atoms with E-state index in [1.54, 1.807) is 0 Å². The molecule has 0 spiro atoms. The topological polar surface area (TPSA) is 36.5 Å². The average Bonchev–Trinajstić information content (AvgIpc) is 3.77. The van der Waals surface area contributed by atoms with Crippen LogP contribution in [-0.2, 0) is 0 Å². The van der Waals surface area contributed by atoms with Crippen LogP contribution in [-0.4, -0.2) is 11.5 Å². The molecule has 5 heteroatoms. The summed E-state index contributed by atoms with van der Waals surface area (Å²) >= 11 is 0. The maximum Gasteiger partial charge on any atom is 0.434 e. The first-order valence-electron chi connectivity index (χ1n) is 18.0. The summed E-state index contributed by atoms with van der Waals surface area (Å²) in [6.45, 7) is -0.295. The van der Waals surface area contributed by atoms with Crippen molar-refractivity contribution in [2.45, 2.75) is 0 Å². The van der Waals surface area contributed by atoms with Crippen LogP contribution >= 0.6 is 0 Å². The quantitative estimate of drug-likeness (QED) is 0.175. The van der Waals surface area contributed by atoms with Crippen LogP contribution in [0.2, 0.25) is 0 Å². The molecule has 8 aromatic carbocycles. The van der Waals surface area contributed by atoms with Crippen LogP contribution in [0.25, 0.3) is 82.8 Å². The van der Waals surface area contributed by atoms with E-state index in [4.69, 9.17) is 13.8 Å². The summed E-state index contributed by atoms with van der Waals surface area (Å²) in [7, 11) is 0. The maximum absolute atomic E-state index is 6.95. The molecule has 2 aliphatic heterocycles. The number of hydrogen-bond donors (Lipinski definition) is 0. The highest BCUT2D eigenvalue weighted by Crippen LogP contribution is 2.44. The van der Waals surface area contributed by atoms with Crippen molar-refractivity contribution in [3.05, 3.63) is 170 Å². The Labute approximate surface area is 305 Å². The minimum absolute atomic E-state index is 0.295. The van der Waals surface area contributed by atoms with Gasteiger partial charge in [-0.15, -0.1) is 0 Å². The van der Waals surface area contributed by atoms with Gasteiger partial charge < -0.3 is 18.4 Å². The number of para-hydroxylation sites is 4. The number of hydrogen-bond acceptors (Lipinski definition) is 3. The van der Waals surface area contributed by atoms with Crippen molar-refractivity contribution in [2.24, 2.45) is 0 Å². The van der Waals surface area contributed by atoms with Crippen molar-refractivity contribution < 1.29 is 13.8 Å². The van der Waals surface area contributed by atoms with Crippen LogP contribution in [0, 0.1) is 0 Å². The molecule has 0 amide bonds. The number of rotatable bonds is 3. The van der Waals surface area contributed by atoms with Gasteiger partial charge in [-0.05, 0) is 88.5 Å². The zero-order valence-corrected chi connectivity index (χ0v) is 28.4. The smallest absolute Gasteiger partial charge is 0.434 e. The lowest BCUT2D eigenvalue weighted by molar-refractivity contribution is 0.480. The standard InChI is InChI=1S/C48H28BNO3/c1-5-18-40-34(13-1)35-14-2-6-19-41(35)50(40)32-12-9-11-29(25-32)30-23-24-39-45(27-30)52-46-28-31(26-38-36-15-3-8-21-43(36)53-49(39)48(38)46)33-17-10-22-44-47(33)37-16-4-7-20-42(37)51-44/h1-28H. The molecule has 0 saturated carbocycles. The van der Waals surface area contributed by atoms with Gasteiger partial charge in [0.05, 0.1) is 11.0 Å². The second-order valence-electron chi connectivity index (χ2n) is 14.0. The predicted molar refractivity (Wildman–Crippen MR) is 217 cm³/mol. The Morgan fingerprint density at radius 3 is 1.98 bits per heavy atom. The highest BCUT2D eigenvalue weighted by atomic mass is 16.5. The molecule has 4 heterocycles. The molecule has 0 unspecified atom stereocenters. The van der Waals surface area contributed by atoms with Gasteiger partial charge in [-0.1, -0.05) is 109 Å². The Morgan fingerprint density at radius 2 is 1.11 bits per heavy atom. The molecule has 12 rings (SSSR count). The summed E-state index contributed by atoms with van der Waals surface area (Å²) in [6.07, 6.45) is 0. The zero-order chi connectivity index (χ0) is 34.6. The third-order valence-electron chi connectivity index (χ3n) is 11.1. The lowest BCUT2D eigenvalue weighted by Gasteiger charge is -2.33. The van der Waals surface area contributed by atoms with E-state index in [0.29, 0.717) is 0 Å². The minimum Gasteiger partial charge on any atom is -0.551 e. The molecule has 0 N–H and O–H groups in total. The number of nitrogens with zero attached hydrogens (tertiary/aromatic N) is 1. The second-order valence-corrected chi connectivity index (χ2v) is 14.0. The number of furan rings is 1. The van der Waals surface area contributed by atoms with E-state index in [1.807, 2.05) is 24.3 Å². The van der Waals surface area contributed by atoms with Crippen molar-refractivity contribution in [1.29, 1.82) is 0 Å². The highest BCUT2D eigenvalue weighted by molar-refractivity contribution is 6.84. The minimum atomic E-state index is -0.295. The van der Waals surface area contributed by atoms with Crippen molar-refractivity contribution in [3.63, 3.8) is 0 Å². The fourth-order valence-electron chi connectivity index (χ4n) is 8.73. The Balaban J connectivity index is 1.02. The van der Waals surface area contributed by atoms with E-state index in [9.17, 15) is 0 Å². The SMILES string of the molecule is c1cc(-c2ccc3c(c2)Oc2cc(-c4cccc5oc6ccccc6c45)cc4c2B3Oc2ccccc2-4)cc(-n2c3ccccc3c3ccccc32)c1. The van der Waals surface area contributed by atoms with E-state index >= 15 is 0 Å². The molecule has 2 aliphatic rings. The van der Waals surface area contributed by atoms with Crippen LogP contribution in [0.1, 0.15) is 0 Å². The van der Waals surface area contributed by atoms with Gasteiger partial charge in [0.15, 0.2) is 0 Å². The number of aromatic nitrogens is 1. The lowest BCUT2D eigenvalue weighted by Crippen LogP contribution is -2.53. The molecule has 0 fully saturated rings. The summed E-state index contributed by atoms with van der Waals surface area (Å²) in [6, 6.07) is 59.9. The van der Waals surface area contributed by atoms with Crippen molar-refractivity contribution in [3.8, 4) is 56.3 Å². The highest BCUT2D eigenvalue weighted by Gasteiger charge is 2.41. The molecule has 2 aromatic heterocycles. The Kier molecular flexibility index (Phi) is 5.83.